The lowest BCUT2D eigenvalue weighted by molar-refractivity contribution is 0.0838. The van der Waals surface area contributed by atoms with Crippen LogP contribution < -0.4 is 10.6 Å². The Labute approximate surface area is 128 Å². The normalized spacial score (nSPS) is 15.9. The quantitative estimate of drug-likeness (QED) is 0.884. The van der Waals surface area contributed by atoms with Crippen molar-refractivity contribution in [2.24, 2.45) is 0 Å². The van der Waals surface area contributed by atoms with Crippen LogP contribution in [-0.2, 0) is 11.3 Å². The predicted octanol–water partition coefficient (Wildman–Crippen LogP) is 2.48. The first-order chi connectivity index (χ1) is 10.3. The van der Waals surface area contributed by atoms with Crippen LogP contribution in [0.1, 0.15) is 30.1 Å². The summed E-state index contributed by atoms with van der Waals surface area (Å²) in [5.41, 5.74) is 1.16. The van der Waals surface area contributed by atoms with Gasteiger partial charge in [-0.15, -0.1) is 0 Å². The molecule has 0 bridgehead atoms. The van der Waals surface area contributed by atoms with E-state index in [4.69, 9.17) is 4.74 Å². The zero-order valence-electron chi connectivity index (χ0n) is 12.0. The molecule has 3 rings (SSSR count). The molecule has 0 saturated carbocycles. The molecule has 2 aromatic heterocycles. The van der Waals surface area contributed by atoms with Crippen LogP contribution in [0.4, 0.5) is 10.9 Å². The van der Waals surface area contributed by atoms with E-state index in [2.05, 4.69) is 25.0 Å². The summed E-state index contributed by atoms with van der Waals surface area (Å²) in [6.07, 6.45) is 3.84. The SMILES string of the molecule is CNc1cc(CNc2nc(C3CCOCC3)ns2)ccn1. The molecule has 2 aromatic rings. The molecule has 0 spiro atoms. The molecule has 0 atom stereocenters. The summed E-state index contributed by atoms with van der Waals surface area (Å²) in [5.74, 6) is 2.27. The Morgan fingerprint density at radius 3 is 3.05 bits per heavy atom. The fraction of sp³-hybridized carbons (Fsp3) is 0.500. The highest BCUT2D eigenvalue weighted by Crippen LogP contribution is 2.27. The zero-order chi connectivity index (χ0) is 14.5. The van der Waals surface area contributed by atoms with Gasteiger partial charge in [-0.25, -0.2) is 9.97 Å². The van der Waals surface area contributed by atoms with Crippen LogP contribution in [0.3, 0.4) is 0 Å². The zero-order valence-corrected chi connectivity index (χ0v) is 12.8. The summed E-state index contributed by atoms with van der Waals surface area (Å²) in [4.78, 5) is 8.80. The third-order valence-corrected chi connectivity index (χ3v) is 4.24. The number of aromatic nitrogens is 3. The van der Waals surface area contributed by atoms with Gasteiger partial charge in [-0.1, -0.05) is 0 Å². The lowest BCUT2D eigenvalue weighted by atomic mass is 10.00. The Morgan fingerprint density at radius 2 is 2.24 bits per heavy atom. The van der Waals surface area contributed by atoms with Crippen molar-refractivity contribution < 1.29 is 4.74 Å². The first-order valence-electron chi connectivity index (χ1n) is 7.13. The third kappa shape index (κ3) is 3.68. The van der Waals surface area contributed by atoms with Crippen LogP contribution in [0.2, 0.25) is 0 Å². The summed E-state index contributed by atoms with van der Waals surface area (Å²) >= 11 is 1.43. The van der Waals surface area contributed by atoms with E-state index in [-0.39, 0.29) is 0 Å². The molecular weight excluding hydrogens is 286 g/mol. The van der Waals surface area contributed by atoms with Crippen LogP contribution in [0.15, 0.2) is 18.3 Å². The van der Waals surface area contributed by atoms with Crippen LogP contribution in [0, 0.1) is 0 Å². The van der Waals surface area contributed by atoms with E-state index in [1.807, 2.05) is 19.2 Å². The lowest BCUT2D eigenvalue weighted by Crippen LogP contribution is -2.15. The van der Waals surface area contributed by atoms with Crippen LogP contribution >= 0.6 is 11.5 Å². The molecule has 21 heavy (non-hydrogen) atoms. The molecule has 112 valence electrons. The van der Waals surface area contributed by atoms with Crippen LogP contribution in [0.25, 0.3) is 0 Å². The Balaban J connectivity index is 1.59. The van der Waals surface area contributed by atoms with Crippen molar-refractivity contribution >= 4 is 22.5 Å². The maximum absolute atomic E-state index is 5.38. The minimum Gasteiger partial charge on any atom is -0.381 e. The van der Waals surface area contributed by atoms with E-state index in [9.17, 15) is 0 Å². The number of nitrogens with zero attached hydrogens (tertiary/aromatic N) is 3. The Bertz CT molecular complexity index is 582. The molecule has 1 saturated heterocycles. The van der Waals surface area contributed by atoms with Gasteiger partial charge in [0.2, 0.25) is 5.13 Å². The molecule has 2 N–H and O–H groups in total. The monoisotopic (exact) mass is 305 g/mol. The Hall–Kier alpha value is -1.73. The second kappa shape index (κ2) is 6.82. The fourth-order valence-electron chi connectivity index (χ4n) is 2.33. The van der Waals surface area contributed by atoms with Gasteiger partial charge in [-0.05, 0) is 30.5 Å². The molecule has 7 heteroatoms. The van der Waals surface area contributed by atoms with Gasteiger partial charge in [0.25, 0.3) is 0 Å². The van der Waals surface area contributed by atoms with E-state index >= 15 is 0 Å². The van der Waals surface area contributed by atoms with Crippen molar-refractivity contribution in [3.05, 3.63) is 29.7 Å². The first-order valence-corrected chi connectivity index (χ1v) is 7.90. The summed E-state index contributed by atoms with van der Waals surface area (Å²) in [6, 6.07) is 4.02. The van der Waals surface area contributed by atoms with E-state index in [1.165, 1.54) is 11.5 Å². The number of nitrogens with one attached hydrogen (secondary N) is 2. The molecule has 6 nitrogen and oxygen atoms in total. The number of rotatable bonds is 5. The van der Waals surface area contributed by atoms with E-state index in [1.54, 1.807) is 6.20 Å². The number of hydrogen-bond acceptors (Lipinski definition) is 7. The molecular formula is C14H19N5OS. The summed E-state index contributed by atoms with van der Waals surface area (Å²) < 4.78 is 9.85. The van der Waals surface area contributed by atoms with Crippen molar-refractivity contribution in [2.75, 3.05) is 30.9 Å². The number of anilines is 2. The minimum absolute atomic E-state index is 0.447. The Morgan fingerprint density at radius 1 is 1.38 bits per heavy atom. The van der Waals surface area contributed by atoms with Gasteiger partial charge in [0.15, 0.2) is 0 Å². The van der Waals surface area contributed by atoms with Gasteiger partial charge in [-0.3, -0.25) is 0 Å². The van der Waals surface area contributed by atoms with Crippen molar-refractivity contribution in [3.63, 3.8) is 0 Å². The van der Waals surface area contributed by atoms with E-state index in [0.29, 0.717) is 5.92 Å². The molecule has 1 aliphatic rings. The van der Waals surface area contributed by atoms with Crippen molar-refractivity contribution in [1.82, 2.24) is 14.3 Å². The number of ether oxygens (including phenoxy) is 1. The van der Waals surface area contributed by atoms with Crippen LogP contribution in [-0.4, -0.2) is 34.6 Å². The second-order valence-corrected chi connectivity index (χ2v) is 5.75. The largest absolute Gasteiger partial charge is 0.381 e. The first kappa shape index (κ1) is 14.2. The summed E-state index contributed by atoms with van der Waals surface area (Å²) in [5, 5.41) is 7.24. The Kier molecular flexibility index (Phi) is 4.62. The molecule has 1 fully saturated rings. The molecule has 3 heterocycles. The van der Waals surface area contributed by atoms with Gasteiger partial charge in [0.1, 0.15) is 11.6 Å². The van der Waals surface area contributed by atoms with Gasteiger partial charge in [-0.2, -0.15) is 4.37 Å². The molecule has 0 unspecified atom stereocenters. The molecule has 0 aliphatic carbocycles. The lowest BCUT2D eigenvalue weighted by Gasteiger charge is -2.18. The number of pyridine rings is 1. The van der Waals surface area contributed by atoms with Gasteiger partial charge >= 0.3 is 0 Å². The topological polar surface area (TPSA) is 72.0 Å². The fourth-order valence-corrected chi connectivity index (χ4v) is 2.97. The summed E-state index contributed by atoms with van der Waals surface area (Å²) in [7, 11) is 1.87. The maximum atomic E-state index is 5.38. The van der Waals surface area contributed by atoms with E-state index < -0.39 is 0 Å². The third-order valence-electron chi connectivity index (χ3n) is 3.55. The minimum atomic E-state index is 0.447. The van der Waals surface area contributed by atoms with Crippen molar-refractivity contribution in [1.29, 1.82) is 0 Å². The highest BCUT2D eigenvalue weighted by Gasteiger charge is 2.20. The number of hydrogen-bond donors (Lipinski definition) is 2. The average molecular weight is 305 g/mol. The van der Waals surface area contributed by atoms with Gasteiger partial charge in [0, 0.05) is 50.5 Å². The molecule has 0 aromatic carbocycles. The second-order valence-electron chi connectivity index (χ2n) is 5.00. The van der Waals surface area contributed by atoms with Crippen LogP contribution in [0.5, 0.6) is 0 Å². The smallest absolute Gasteiger partial charge is 0.202 e. The predicted molar refractivity (Wildman–Crippen MR) is 83.8 cm³/mol. The molecule has 1 aliphatic heterocycles. The van der Waals surface area contributed by atoms with Gasteiger partial charge < -0.3 is 15.4 Å². The molecule has 0 amide bonds. The summed E-state index contributed by atoms with van der Waals surface area (Å²) in [6.45, 7) is 2.35. The van der Waals surface area contributed by atoms with Crippen molar-refractivity contribution in [2.45, 2.75) is 25.3 Å². The molecule has 0 radical (unpaired) electrons. The standard InChI is InChI=1S/C14H19N5OS/c1-15-12-8-10(2-5-16-12)9-17-14-18-13(19-21-14)11-3-6-20-7-4-11/h2,5,8,11H,3-4,6-7,9H2,1H3,(H,15,16)(H,17,18,19). The average Bonchev–Trinajstić information content (AvgIpc) is 3.03. The highest BCUT2D eigenvalue weighted by molar-refractivity contribution is 7.09. The maximum Gasteiger partial charge on any atom is 0.202 e. The highest BCUT2D eigenvalue weighted by atomic mass is 32.1. The van der Waals surface area contributed by atoms with Crippen molar-refractivity contribution in [3.8, 4) is 0 Å². The van der Waals surface area contributed by atoms with Gasteiger partial charge in [0.05, 0.1) is 0 Å². The van der Waals surface area contributed by atoms with E-state index in [0.717, 1.165) is 54.9 Å².